The smallest absolute Gasteiger partial charge is 0.227 e. The molecule has 3 fully saturated rings. The molecule has 4 rings (SSSR count). The fourth-order valence-corrected chi connectivity index (χ4v) is 3.96. The van der Waals surface area contributed by atoms with Crippen LogP contribution in [0, 0.1) is 11.7 Å². The minimum atomic E-state index is -0.270. The van der Waals surface area contributed by atoms with Gasteiger partial charge in [-0.15, -0.1) is 0 Å². The molecule has 0 N–H and O–H groups in total. The normalized spacial score (nSPS) is 28.8. The van der Waals surface area contributed by atoms with Crippen molar-refractivity contribution in [2.45, 2.75) is 56.8 Å². The Balaban J connectivity index is 1.27. The van der Waals surface area contributed by atoms with Crippen molar-refractivity contribution in [3.05, 3.63) is 35.6 Å². The maximum absolute atomic E-state index is 13.0. The molecule has 1 saturated carbocycles. The van der Waals surface area contributed by atoms with Gasteiger partial charge in [-0.25, -0.2) is 4.39 Å². The molecule has 4 nitrogen and oxygen atoms in total. The second-order valence-corrected chi connectivity index (χ2v) is 7.60. The Kier molecular flexibility index (Phi) is 5.04. The summed E-state index contributed by atoms with van der Waals surface area (Å²) in [5, 5.41) is 0. The fourth-order valence-electron chi connectivity index (χ4n) is 3.96. The molecule has 136 valence electrons. The molecule has 2 heterocycles. The molecule has 1 aromatic rings. The zero-order chi connectivity index (χ0) is 17.2. The van der Waals surface area contributed by atoms with Gasteiger partial charge < -0.3 is 14.4 Å². The van der Waals surface area contributed by atoms with Crippen LogP contribution in [0.1, 0.15) is 37.7 Å². The molecule has 1 aliphatic carbocycles. The van der Waals surface area contributed by atoms with Crippen molar-refractivity contribution in [3.63, 3.8) is 0 Å². The quantitative estimate of drug-likeness (QED) is 0.794. The van der Waals surface area contributed by atoms with E-state index in [9.17, 15) is 9.18 Å². The molecule has 0 radical (unpaired) electrons. The average Bonchev–Trinajstić information content (AvgIpc) is 3.33. The number of ether oxygens (including phenoxy) is 2. The van der Waals surface area contributed by atoms with Crippen molar-refractivity contribution < 1.29 is 18.7 Å². The van der Waals surface area contributed by atoms with Gasteiger partial charge in [0.25, 0.3) is 0 Å². The SMILES string of the molecule is O=C(Cc1ccc(F)cc1)N1CC[C@@H]2O[C@H](COCC3CC3)CC[C@@H]21. The Hall–Kier alpha value is -1.46. The van der Waals surface area contributed by atoms with Crippen LogP contribution >= 0.6 is 0 Å². The van der Waals surface area contributed by atoms with Crippen LogP contribution in [0.15, 0.2) is 24.3 Å². The van der Waals surface area contributed by atoms with E-state index in [4.69, 9.17) is 9.47 Å². The molecule has 1 amide bonds. The molecule has 5 heteroatoms. The lowest BCUT2D eigenvalue weighted by Crippen LogP contribution is -2.46. The highest BCUT2D eigenvalue weighted by Crippen LogP contribution is 2.33. The van der Waals surface area contributed by atoms with Gasteiger partial charge in [0.05, 0.1) is 31.3 Å². The molecule has 0 unspecified atom stereocenters. The van der Waals surface area contributed by atoms with E-state index in [1.165, 1.54) is 25.0 Å². The van der Waals surface area contributed by atoms with Crippen molar-refractivity contribution in [1.29, 1.82) is 0 Å². The van der Waals surface area contributed by atoms with Gasteiger partial charge in [-0.2, -0.15) is 0 Å². The monoisotopic (exact) mass is 347 g/mol. The third-order valence-electron chi connectivity index (χ3n) is 5.58. The van der Waals surface area contributed by atoms with Crippen LogP contribution in [0.5, 0.6) is 0 Å². The van der Waals surface area contributed by atoms with Gasteiger partial charge in [0.2, 0.25) is 5.91 Å². The number of rotatable bonds is 6. The predicted octanol–water partition coefficient (Wildman–Crippen LogP) is 2.94. The van der Waals surface area contributed by atoms with Crippen LogP contribution in [0.25, 0.3) is 0 Å². The number of carbonyl (C=O) groups is 1. The molecule has 0 bridgehead atoms. The van der Waals surface area contributed by atoms with Crippen LogP contribution in [0.4, 0.5) is 4.39 Å². The Bertz CT molecular complexity index is 601. The highest BCUT2D eigenvalue weighted by atomic mass is 19.1. The lowest BCUT2D eigenvalue weighted by atomic mass is 9.99. The van der Waals surface area contributed by atoms with E-state index in [-0.39, 0.29) is 30.0 Å². The topological polar surface area (TPSA) is 38.8 Å². The summed E-state index contributed by atoms with van der Waals surface area (Å²) >= 11 is 0. The lowest BCUT2D eigenvalue weighted by Gasteiger charge is -2.36. The second kappa shape index (κ2) is 7.42. The van der Waals surface area contributed by atoms with Crippen molar-refractivity contribution in [3.8, 4) is 0 Å². The van der Waals surface area contributed by atoms with Crippen LogP contribution in [0.3, 0.4) is 0 Å². The highest BCUT2D eigenvalue weighted by Gasteiger charge is 2.41. The molecule has 2 saturated heterocycles. The van der Waals surface area contributed by atoms with Gasteiger partial charge >= 0.3 is 0 Å². The first-order valence-electron chi connectivity index (χ1n) is 9.46. The number of amides is 1. The first-order chi connectivity index (χ1) is 12.2. The first-order valence-corrected chi connectivity index (χ1v) is 9.46. The van der Waals surface area contributed by atoms with E-state index >= 15 is 0 Å². The standard InChI is InChI=1S/C20H26FNO3/c21-16-5-3-14(4-6-16)11-20(23)22-10-9-19-18(22)8-7-17(25-19)13-24-12-15-1-2-15/h3-6,15,17-19H,1-2,7-13H2/t17-,18-,19-/m0/s1. The first kappa shape index (κ1) is 17.0. The maximum atomic E-state index is 13.0. The molecule has 25 heavy (non-hydrogen) atoms. The molecule has 3 aliphatic rings. The number of nitrogens with zero attached hydrogens (tertiary/aromatic N) is 1. The van der Waals surface area contributed by atoms with E-state index in [0.29, 0.717) is 13.0 Å². The molecular formula is C20H26FNO3. The lowest BCUT2D eigenvalue weighted by molar-refractivity contribution is -0.138. The summed E-state index contributed by atoms with van der Waals surface area (Å²) in [6.45, 7) is 2.31. The Morgan fingerprint density at radius 3 is 2.68 bits per heavy atom. The number of hydrogen-bond acceptors (Lipinski definition) is 3. The molecule has 1 aromatic carbocycles. The fraction of sp³-hybridized carbons (Fsp3) is 0.650. The third-order valence-corrected chi connectivity index (χ3v) is 5.58. The number of fused-ring (bicyclic) bond motifs is 1. The Morgan fingerprint density at radius 2 is 1.92 bits per heavy atom. The number of benzene rings is 1. The van der Waals surface area contributed by atoms with Gasteiger partial charge in [-0.3, -0.25) is 4.79 Å². The number of likely N-dealkylation sites (tertiary alicyclic amines) is 1. The van der Waals surface area contributed by atoms with E-state index in [1.807, 2.05) is 4.90 Å². The van der Waals surface area contributed by atoms with E-state index < -0.39 is 0 Å². The zero-order valence-electron chi connectivity index (χ0n) is 14.5. The van der Waals surface area contributed by atoms with Crippen LogP contribution in [-0.2, 0) is 20.7 Å². The van der Waals surface area contributed by atoms with E-state index in [1.54, 1.807) is 12.1 Å². The van der Waals surface area contributed by atoms with Crippen molar-refractivity contribution >= 4 is 5.91 Å². The zero-order valence-corrected chi connectivity index (χ0v) is 14.5. The third kappa shape index (κ3) is 4.21. The van der Waals surface area contributed by atoms with Gasteiger partial charge in [-0.1, -0.05) is 12.1 Å². The van der Waals surface area contributed by atoms with Crippen LogP contribution in [-0.4, -0.2) is 48.8 Å². The van der Waals surface area contributed by atoms with Crippen molar-refractivity contribution in [2.75, 3.05) is 19.8 Å². The number of halogens is 1. The van der Waals surface area contributed by atoms with Gasteiger partial charge in [0, 0.05) is 13.2 Å². The summed E-state index contributed by atoms with van der Waals surface area (Å²) in [5.41, 5.74) is 0.859. The molecule has 2 aliphatic heterocycles. The molecule has 0 aromatic heterocycles. The largest absolute Gasteiger partial charge is 0.378 e. The van der Waals surface area contributed by atoms with Gasteiger partial charge in [-0.05, 0) is 55.7 Å². The summed E-state index contributed by atoms with van der Waals surface area (Å²) in [6.07, 6.45) is 6.09. The summed E-state index contributed by atoms with van der Waals surface area (Å²) in [5.74, 6) is 0.626. The number of carbonyl (C=O) groups excluding carboxylic acids is 1. The van der Waals surface area contributed by atoms with Crippen LogP contribution in [0.2, 0.25) is 0 Å². The Labute approximate surface area is 148 Å². The molecule has 0 spiro atoms. The van der Waals surface area contributed by atoms with Gasteiger partial charge in [0.1, 0.15) is 5.82 Å². The predicted molar refractivity (Wildman–Crippen MR) is 91.7 cm³/mol. The summed E-state index contributed by atoms with van der Waals surface area (Å²) in [6, 6.07) is 6.38. The number of hydrogen-bond donors (Lipinski definition) is 0. The van der Waals surface area contributed by atoms with Crippen molar-refractivity contribution in [1.82, 2.24) is 4.90 Å². The second-order valence-electron chi connectivity index (χ2n) is 7.60. The van der Waals surface area contributed by atoms with Gasteiger partial charge in [0.15, 0.2) is 0 Å². The minimum absolute atomic E-state index is 0.117. The minimum Gasteiger partial charge on any atom is -0.378 e. The molecular weight excluding hydrogens is 321 g/mol. The van der Waals surface area contributed by atoms with E-state index in [2.05, 4.69) is 0 Å². The average molecular weight is 347 g/mol. The van der Waals surface area contributed by atoms with E-state index in [0.717, 1.165) is 43.9 Å². The Morgan fingerprint density at radius 1 is 1.12 bits per heavy atom. The van der Waals surface area contributed by atoms with Crippen molar-refractivity contribution in [2.24, 2.45) is 5.92 Å². The summed E-state index contributed by atoms with van der Waals surface area (Å²) < 4.78 is 25.0. The highest BCUT2D eigenvalue weighted by molar-refractivity contribution is 5.79. The van der Waals surface area contributed by atoms with Crippen LogP contribution < -0.4 is 0 Å². The summed E-state index contributed by atoms with van der Waals surface area (Å²) in [4.78, 5) is 14.6. The summed E-state index contributed by atoms with van der Waals surface area (Å²) in [7, 11) is 0. The maximum Gasteiger partial charge on any atom is 0.227 e. The molecule has 3 atom stereocenters.